The Labute approximate surface area is 90.1 Å². The van der Waals surface area contributed by atoms with Crippen LogP contribution in [0.1, 0.15) is 24.0 Å². The molecule has 82 valence electrons. The van der Waals surface area contributed by atoms with Gasteiger partial charge >= 0.3 is 5.97 Å². The molecule has 0 saturated heterocycles. The van der Waals surface area contributed by atoms with Crippen molar-refractivity contribution < 1.29 is 9.90 Å². The highest BCUT2D eigenvalue weighted by Crippen LogP contribution is 2.16. The molecule has 1 aromatic rings. The van der Waals surface area contributed by atoms with Crippen molar-refractivity contribution in [2.45, 2.75) is 19.3 Å². The fourth-order valence-corrected chi connectivity index (χ4v) is 1.54. The number of likely N-dealkylation sites (N-methyl/N-ethyl adjacent to an activating group) is 1. The average Bonchev–Trinajstić information content (AvgIpc) is 2.26. The first-order valence-corrected chi connectivity index (χ1v) is 5.15. The average molecular weight is 207 g/mol. The summed E-state index contributed by atoms with van der Waals surface area (Å²) < 4.78 is 0. The predicted molar refractivity (Wildman–Crippen MR) is 60.1 cm³/mol. The van der Waals surface area contributed by atoms with Gasteiger partial charge in [0.25, 0.3) is 0 Å². The van der Waals surface area contributed by atoms with E-state index in [1.807, 2.05) is 24.3 Å². The number of nitrogens with one attached hydrogen (secondary N) is 1. The molecule has 1 aromatic carbocycles. The second-order valence-corrected chi connectivity index (χ2v) is 3.54. The summed E-state index contributed by atoms with van der Waals surface area (Å²) in [6.07, 6.45) is 0.976. The van der Waals surface area contributed by atoms with Crippen LogP contribution >= 0.6 is 0 Å². The third-order valence-electron chi connectivity index (χ3n) is 2.50. The number of aryl methyl sites for hydroxylation is 1. The minimum atomic E-state index is -0.784. The predicted octanol–water partition coefficient (Wildman–Crippen LogP) is 1.64. The molecule has 3 nitrogen and oxygen atoms in total. The molecule has 0 heterocycles. The SMILES string of the molecule is CCc1ccc(C(CNC)C(=O)O)cc1. The lowest BCUT2D eigenvalue weighted by atomic mass is 9.97. The maximum absolute atomic E-state index is 11.0. The number of aliphatic carboxylic acids is 1. The van der Waals surface area contributed by atoms with Crippen LogP contribution in [0.4, 0.5) is 0 Å². The second kappa shape index (κ2) is 5.51. The van der Waals surface area contributed by atoms with Crippen molar-refractivity contribution in [3.63, 3.8) is 0 Å². The molecule has 0 aliphatic rings. The third kappa shape index (κ3) is 3.06. The van der Waals surface area contributed by atoms with Crippen molar-refractivity contribution in [1.82, 2.24) is 5.32 Å². The van der Waals surface area contributed by atoms with Crippen LogP contribution in [-0.2, 0) is 11.2 Å². The summed E-state index contributed by atoms with van der Waals surface area (Å²) in [5.41, 5.74) is 2.08. The maximum atomic E-state index is 11.0. The summed E-state index contributed by atoms with van der Waals surface area (Å²) in [5.74, 6) is -1.24. The molecule has 0 aliphatic carbocycles. The Kier molecular flexibility index (Phi) is 4.31. The van der Waals surface area contributed by atoms with Gasteiger partial charge in [0.2, 0.25) is 0 Å². The molecule has 0 saturated carbocycles. The Morgan fingerprint density at radius 3 is 2.40 bits per heavy atom. The number of hydrogen-bond donors (Lipinski definition) is 2. The van der Waals surface area contributed by atoms with Crippen molar-refractivity contribution in [3.8, 4) is 0 Å². The highest BCUT2D eigenvalue weighted by molar-refractivity contribution is 5.76. The van der Waals surface area contributed by atoms with Gasteiger partial charge < -0.3 is 10.4 Å². The molecule has 0 spiro atoms. The molecule has 1 rings (SSSR count). The third-order valence-corrected chi connectivity index (χ3v) is 2.50. The van der Waals surface area contributed by atoms with E-state index in [9.17, 15) is 4.79 Å². The second-order valence-electron chi connectivity index (χ2n) is 3.54. The summed E-state index contributed by atoms with van der Waals surface area (Å²) >= 11 is 0. The number of hydrogen-bond acceptors (Lipinski definition) is 2. The standard InChI is InChI=1S/C12H17NO2/c1-3-9-4-6-10(7-5-9)11(8-13-2)12(14)15/h4-7,11,13H,3,8H2,1-2H3,(H,14,15). The maximum Gasteiger partial charge on any atom is 0.312 e. The molecule has 3 heteroatoms. The topological polar surface area (TPSA) is 49.3 Å². The van der Waals surface area contributed by atoms with Crippen LogP contribution in [0.2, 0.25) is 0 Å². The minimum Gasteiger partial charge on any atom is -0.481 e. The number of carboxylic acid groups (broad SMARTS) is 1. The minimum absolute atomic E-state index is 0.457. The molecule has 0 aromatic heterocycles. The molecule has 15 heavy (non-hydrogen) atoms. The molecule has 0 bridgehead atoms. The molecular formula is C12H17NO2. The van der Waals surface area contributed by atoms with Gasteiger partial charge in [-0.2, -0.15) is 0 Å². The van der Waals surface area contributed by atoms with Crippen LogP contribution in [0.25, 0.3) is 0 Å². The lowest BCUT2D eigenvalue weighted by Crippen LogP contribution is -2.24. The summed E-state index contributed by atoms with van der Waals surface area (Å²) in [4.78, 5) is 11.0. The fraction of sp³-hybridized carbons (Fsp3) is 0.417. The highest BCUT2D eigenvalue weighted by Gasteiger charge is 2.18. The van der Waals surface area contributed by atoms with Gasteiger partial charge in [-0.1, -0.05) is 31.2 Å². The van der Waals surface area contributed by atoms with Crippen molar-refractivity contribution in [2.24, 2.45) is 0 Å². The van der Waals surface area contributed by atoms with Crippen molar-refractivity contribution in [2.75, 3.05) is 13.6 Å². The van der Waals surface area contributed by atoms with E-state index in [1.165, 1.54) is 5.56 Å². The molecule has 1 unspecified atom stereocenters. The molecule has 1 atom stereocenters. The molecular weight excluding hydrogens is 190 g/mol. The van der Waals surface area contributed by atoms with E-state index < -0.39 is 11.9 Å². The zero-order valence-corrected chi connectivity index (χ0v) is 9.16. The first kappa shape index (κ1) is 11.7. The van der Waals surface area contributed by atoms with Crippen LogP contribution in [-0.4, -0.2) is 24.7 Å². The lowest BCUT2D eigenvalue weighted by molar-refractivity contribution is -0.138. The summed E-state index contributed by atoms with van der Waals surface area (Å²) in [5, 5.41) is 11.9. The number of rotatable bonds is 5. The number of carbonyl (C=O) groups is 1. The normalized spacial score (nSPS) is 12.4. The summed E-state index contributed by atoms with van der Waals surface area (Å²) in [6.45, 7) is 2.54. The summed E-state index contributed by atoms with van der Waals surface area (Å²) in [6, 6.07) is 7.77. The fourth-order valence-electron chi connectivity index (χ4n) is 1.54. The molecule has 2 N–H and O–H groups in total. The quantitative estimate of drug-likeness (QED) is 0.771. The molecule has 0 amide bonds. The largest absolute Gasteiger partial charge is 0.481 e. The smallest absolute Gasteiger partial charge is 0.312 e. The Balaban J connectivity index is 2.86. The van der Waals surface area contributed by atoms with Crippen LogP contribution in [0.15, 0.2) is 24.3 Å². The Morgan fingerprint density at radius 1 is 1.40 bits per heavy atom. The zero-order valence-electron chi connectivity index (χ0n) is 9.16. The Morgan fingerprint density at radius 2 is 2.00 bits per heavy atom. The van der Waals surface area contributed by atoms with Crippen LogP contribution in [0, 0.1) is 0 Å². The first-order valence-electron chi connectivity index (χ1n) is 5.15. The van der Waals surface area contributed by atoms with Crippen LogP contribution in [0.5, 0.6) is 0 Å². The van der Waals surface area contributed by atoms with Crippen molar-refractivity contribution >= 4 is 5.97 Å². The Hall–Kier alpha value is -1.35. The van der Waals surface area contributed by atoms with Gasteiger partial charge in [-0.05, 0) is 24.6 Å². The molecule has 0 radical (unpaired) electrons. The van der Waals surface area contributed by atoms with Crippen molar-refractivity contribution in [3.05, 3.63) is 35.4 Å². The van der Waals surface area contributed by atoms with Gasteiger partial charge in [-0.25, -0.2) is 0 Å². The van der Waals surface area contributed by atoms with E-state index in [4.69, 9.17) is 5.11 Å². The van der Waals surface area contributed by atoms with Crippen molar-refractivity contribution in [1.29, 1.82) is 0 Å². The first-order chi connectivity index (χ1) is 7.19. The number of carboxylic acids is 1. The zero-order chi connectivity index (χ0) is 11.3. The monoisotopic (exact) mass is 207 g/mol. The molecule has 0 fully saturated rings. The lowest BCUT2D eigenvalue weighted by Gasteiger charge is -2.12. The van der Waals surface area contributed by atoms with Gasteiger partial charge in [-0.15, -0.1) is 0 Å². The van der Waals surface area contributed by atoms with Gasteiger partial charge in [0.1, 0.15) is 0 Å². The van der Waals surface area contributed by atoms with Gasteiger partial charge in [0, 0.05) is 6.54 Å². The van der Waals surface area contributed by atoms with E-state index in [0.29, 0.717) is 6.54 Å². The van der Waals surface area contributed by atoms with E-state index in [1.54, 1.807) is 7.05 Å². The van der Waals surface area contributed by atoms with Crippen LogP contribution < -0.4 is 5.32 Å². The highest BCUT2D eigenvalue weighted by atomic mass is 16.4. The van der Waals surface area contributed by atoms with E-state index in [2.05, 4.69) is 12.2 Å². The van der Waals surface area contributed by atoms with Gasteiger partial charge in [0.05, 0.1) is 5.92 Å². The number of benzene rings is 1. The van der Waals surface area contributed by atoms with Crippen LogP contribution in [0.3, 0.4) is 0 Å². The van der Waals surface area contributed by atoms with E-state index >= 15 is 0 Å². The Bertz CT molecular complexity index is 319. The van der Waals surface area contributed by atoms with Gasteiger partial charge in [0.15, 0.2) is 0 Å². The van der Waals surface area contributed by atoms with Gasteiger partial charge in [-0.3, -0.25) is 4.79 Å². The van der Waals surface area contributed by atoms with E-state index in [0.717, 1.165) is 12.0 Å². The molecule has 0 aliphatic heterocycles. The van der Waals surface area contributed by atoms with E-state index in [-0.39, 0.29) is 0 Å². The summed E-state index contributed by atoms with van der Waals surface area (Å²) in [7, 11) is 1.76.